The van der Waals surface area contributed by atoms with Gasteiger partial charge in [-0.15, -0.1) is 0 Å². The summed E-state index contributed by atoms with van der Waals surface area (Å²) in [6.45, 7) is 8.99. The monoisotopic (exact) mass is 466 g/mol. The molecule has 176 valence electrons. The van der Waals surface area contributed by atoms with E-state index in [4.69, 9.17) is 9.47 Å². The lowest BCUT2D eigenvalue weighted by Gasteiger charge is -2.24. The highest BCUT2D eigenvalue weighted by atomic mass is 32.2. The van der Waals surface area contributed by atoms with E-state index in [0.29, 0.717) is 25.3 Å². The number of ether oxygens (including phenoxy) is 2. The van der Waals surface area contributed by atoms with E-state index < -0.39 is 21.4 Å². The second-order valence-corrected chi connectivity index (χ2v) is 10.9. The van der Waals surface area contributed by atoms with Crippen molar-refractivity contribution < 1.29 is 27.1 Å². The molecule has 0 N–H and O–H groups in total. The highest BCUT2D eigenvalue weighted by molar-refractivity contribution is 7.92. The SMILES string of the molecule is COCC1COc2c(S(=O)(=O)CC(=O)Cc3c(C(C)C)cc(F)cc3C(C)C)cnn2C1. The molecule has 9 heteroatoms. The third kappa shape index (κ3) is 5.20. The number of hydrogen-bond acceptors (Lipinski definition) is 6. The summed E-state index contributed by atoms with van der Waals surface area (Å²) < 4.78 is 52.5. The van der Waals surface area contributed by atoms with Crippen LogP contribution < -0.4 is 4.74 Å². The number of nitrogens with zero attached hydrogens (tertiary/aromatic N) is 2. The van der Waals surface area contributed by atoms with Crippen molar-refractivity contribution >= 4 is 15.6 Å². The highest BCUT2D eigenvalue weighted by Crippen LogP contribution is 2.32. The second-order valence-electron chi connectivity index (χ2n) is 8.98. The molecule has 2 aromatic rings. The van der Waals surface area contributed by atoms with Crippen molar-refractivity contribution in [2.75, 3.05) is 26.1 Å². The smallest absolute Gasteiger partial charge is 0.231 e. The molecule has 32 heavy (non-hydrogen) atoms. The number of carbonyl (C=O) groups is 1. The third-order valence-corrected chi connectivity index (χ3v) is 7.29. The summed E-state index contributed by atoms with van der Waals surface area (Å²) in [7, 11) is -2.35. The minimum absolute atomic E-state index is 0.00116. The predicted molar refractivity (Wildman–Crippen MR) is 118 cm³/mol. The van der Waals surface area contributed by atoms with Gasteiger partial charge in [0.15, 0.2) is 15.6 Å². The van der Waals surface area contributed by atoms with E-state index in [0.717, 1.165) is 11.1 Å². The van der Waals surface area contributed by atoms with Crippen molar-refractivity contribution in [3.05, 3.63) is 40.8 Å². The van der Waals surface area contributed by atoms with Gasteiger partial charge in [0.2, 0.25) is 5.88 Å². The van der Waals surface area contributed by atoms with Crippen molar-refractivity contribution in [1.82, 2.24) is 9.78 Å². The molecule has 1 aliphatic heterocycles. The van der Waals surface area contributed by atoms with Crippen molar-refractivity contribution in [3.8, 4) is 5.88 Å². The van der Waals surface area contributed by atoms with Gasteiger partial charge in [-0.25, -0.2) is 17.5 Å². The van der Waals surface area contributed by atoms with Crippen LogP contribution in [-0.4, -0.2) is 50.1 Å². The van der Waals surface area contributed by atoms with Crippen LogP contribution in [0.15, 0.2) is 23.2 Å². The van der Waals surface area contributed by atoms with Crippen LogP contribution in [0.3, 0.4) is 0 Å². The minimum atomic E-state index is -3.95. The molecule has 0 aliphatic carbocycles. The largest absolute Gasteiger partial charge is 0.476 e. The van der Waals surface area contributed by atoms with Gasteiger partial charge in [0, 0.05) is 19.4 Å². The van der Waals surface area contributed by atoms with E-state index in [9.17, 15) is 17.6 Å². The number of aromatic nitrogens is 2. The molecule has 0 spiro atoms. The maximum atomic E-state index is 14.1. The summed E-state index contributed by atoms with van der Waals surface area (Å²) in [5, 5.41) is 4.14. The van der Waals surface area contributed by atoms with E-state index in [1.165, 1.54) is 23.0 Å². The van der Waals surface area contributed by atoms with Gasteiger partial charge in [-0.3, -0.25) is 4.79 Å². The summed E-state index contributed by atoms with van der Waals surface area (Å²) in [6, 6.07) is 2.87. The van der Waals surface area contributed by atoms with Crippen LogP contribution in [0.25, 0.3) is 0 Å². The maximum absolute atomic E-state index is 14.1. The number of sulfone groups is 1. The van der Waals surface area contributed by atoms with Crippen molar-refractivity contribution in [1.29, 1.82) is 0 Å². The summed E-state index contributed by atoms with van der Waals surface area (Å²) in [4.78, 5) is 12.8. The molecular formula is C23H31FN2O5S. The quantitative estimate of drug-likeness (QED) is 0.562. The Labute approximate surface area is 188 Å². The van der Waals surface area contributed by atoms with Crippen molar-refractivity contribution in [2.24, 2.45) is 5.92 Å². The van der Waals surface area contributed by atoms with E-state index in [1.807, 2.05) is 27.7 Å². The molecule has 3 rings (SSSR count). The predicted octanol–water partition coefficient (Wildman–Crippen LogP) is 3.51. The number of carbonyl (C=O) groups excluding carboxylic acids is 1. The lowest BCUT2D eigenvalue weighted by atomic mass is 9.86. The zero-order valence-electron chi connectivity index (χ0n) is 19.2. The first-order valence-corrected chi connectivity index (χ1v) is 12.4. The first-order chi connectivity index (χ1) is 15.0. The zero-order chi connectivity index (χ0) is 23.6. The fourth-order valence-electron chi connectivity index (χ4n) is 4.13. The number of ketones is 1. The molecule has 1 atom stereocenters. The lowest BCUT2D eigenvalue weighted by molar-refractivity contribution is -0.116. The number of rotatable bonds is 9. The molecule has 0 radical (unpaired) electrons. The van der Waals surface area contributed by atoms with Crippen LogP contribution in [0, 0.1) is 11.7 Å². The van der Waals surface area contributed by atoms with E-state index >= 15 is 0 Å². The Kier molecular flexibility index (Phi) is 7.39. The van der Waals surface area contributed by atoms with Crippen LogP contribution in [-0.2, 0) is 32.3 Å². The standard InChI is InChI=1S/C23H31FN2O5S/c1-14(2)19-6-17(24)7-20(15(3)4)21(19)8-18(27)13-32(28,29)22-9-25-26-10-16(11-30-5)12-31-23(22)26/h6-7,9,14-16H,8,10-13H2,1-5H3. The summed E-state index contributed by atoms with van der Waals surface area (Å²) in [5.74, 6) is -1.23. The van der Waals surface area contributed by atoms with Crippen LogP contribution in [0.4, 0.5) is 4.39 Å². The van der Waals surface area contributed by atoms with Crippen LogP contribution in [0.1, 0.15) is 56.2 Å². The Morgan fingerprint density at radius 2 is 1.88 bits per heavy atom. The Morgan fingerprint density at radius 3 is 2.44 bits per heavy atom. The van der Waals surface area contributed by atoms with E-state index in [2.05, 4.69) is 5.10 Å². The minimum Gasteiger partial charge on any atom is -0.476 e. The van der Waals surface area contributed by atoms with Gasteiger partial charge in [0.1, 0.15) is 16.5 Å². The number of benzene rings is 1. The number of hydrogen-bond donors (Lipinski definition) is 0. The Balaban J connectivity index is 1.83. The molecule has 1 aromatic heterocycles. The molecule has 0 saturated carbocycles. The first-order valence-electron chi connectivity index (χ1n) is 10.8. The number of methoxy groups -OCH3 is 1. The Morgan fingerprint density at radius 1 is 1.25 bits per heavy atom. The number of halogens is 1. The zero-order valence-corrected chi connectivity index (χ0v) is 20.0. The van der Waals surface area contributed by atoms with Gasteiger partial charge in [-0.05, 0) is 40.7 Å². The molecule has 0 fully saturated rings. The van der Waals surface area contributed by atoms with Gasteiger partial charge in [0.05, 0.1) is 26.0 Å². The molecule has 0 saturated heterocycles. The molecular weight excluding hydrogens is 435 g/mol. The molecule has 2 heterocycles. The Bertz CT molecular complexity index is 1060. The average molecular weight is 467 g/mol. The second kappa shape index (κ2) is 9.70. The molecule has 1 unspecified atom stereocenters. The van der Waals surface area contributed by atoms with Gasteiger partial charge >= 0.3 is 0 Å². The van der Waals surface area contributed by atoms with Gasteiger partial charge < -0.3 is 9.47 Å². The fourth-order valence-corrected chi connectivity index (χ4v) is 5.45. The van der Waals surface area contributed by atoms with E-state index in [-0.39, 0.29) is 40.8 Å². The average Bonchev–Trinajstić information content (AvgIpc) is 3.12. The molecule has 1 aliphatic rings. The van der Waals surface area contributed by atoms with Crippen LogP contribution in [0.2, 0.25) is 0 Å². The van der Waals surface area contributed by atoms with Gasteiger partial charge in [-0.1, -0.05) is 27.7 Å². The first kappa shape index (κ1) is 24.4. The molecule has 0 amide bonds. The molecule has 0 bridgehead atoms. The van der Waals surface area contributed by atoms with Crippen LogP contribution in [0.5, 0.6) is 5.88 Å². The number of Topliss-reactive ketones (excluding diaryl/α,β-unsaturated/α-hetero) is 1. The highest BCUT2D eigenvalue weighted by Gasteiger charge is 2.31. The molecule has 1 aromatic carbocycles. The summed E-state index contributed by atoms with van der Waals surface area (Å²) in [5.41, 5.74) is 2.18. The maximum Gasteiger partial charge on any atom is 0.231 e. The van der Waals surface area contributed by atoms with Crippen LogP contribution >= 0.6 is 0 Å². The van der Waals surface area contributed by atoms with Gasteiger partial charge in [-0.2, -0.15) is 5.10 Å². The van der Waals surface area contributed by atoms with Crippen molar-refractivity contribution in [2.45, 2.75) is 57.4 Å². The Hall–Kier alpha value is -2.26. The van der Waals surface area contributed by atoms with E-state index in [1.54, 1.807) is 7.11 Å². The number of fused-ring (bicyclic) bond motifs is 1. The lowest BCUT2D eigenvalue weighted by Crippen LogP contribution is -2.29. The fraction of sp³-hybridized carbons (Fsp3) is 0.565. The summed E-state index contributed by atoms with van der Waals surface area (Å²) in [6.07, 6.45) is 1.17. The molecule has 7 nitrogen and oxygen atoms in total. The topological polar surface area (TPSA) is 87.5 Å². The van der Waals surface area contributed by atoms with Gasteiger partial charge in [0.25, 0.3) is 0 Å². The van der Waals surface area contributed by atoms with Crippen molar-refractivity contribution in [3.63, 3.8) is 0 Å². The normalized spacial score (nSPS) is 16.3. The summed E-state index contributed by atoms with van der Waals surface area (Å²) >= 11 is 0. The third-order valence-electron chi connectivity index (χ3n) is 5.64.